The van der Waals surface area contributed by atoms with Crippen LogP contribution in [0, 0.1) is 0 Å². The average molecular weight is 357 g/mol. The lowest BCUT2D eigenvalue weighted by molar-refractivity contribution is -0.118. The number of nitrogens with zero attached hydrogens (tertiary/aromatic N) is 2. The Labute approximate surface area is 154 Å². The predicted octanol–water partition coefficient (Wildman–Crippen LogP) is 2.41. The van der Waals surface area contributed by atoms with Gasteiger partial charge in [-0.1, -0.05) is 43.9 Å². The molecule has 1 aliphatic carbocycles. The van der Waals surface area contributed by atoms with Crippen molar-refractivity contribution in [3.63, 3.8) is 0 Å². The Morgan fingerprint density at radius 2 is 1.85 bits per heavy atom. The molecule has 0 saturated heterocycles. The molecule has 1 heterocycles. The van der Waals surface area contributed by atoms with E-state index in [1.807, 2.05) is 30.3 Å². The minimum absolute atomic E-state index is 0.0252. The number of hydrazone groups is 1. The van der Waals surface area contributed by atoms with E-state index in [0.717, 1.165) is 31.4 Å². The zero-order chi connectivity index (χ0) is 18.6. The number of ketones is 1. The van der Waals surface area contributed by atoms with E-state index in [2.05, 4.69) is 10.4 Å². The SMILES string of the molecule is CC(=O)[C@@H]1CC(C(=O)NCC2(O)CCCCCC2)=NN1c1ccccc1. The van der Waals surface area contributed by atoms with Gasteiger partial charge in [-0.05, 0) is 31.9 Å². The highest BCUT2D eigenvalue weighted by Gasteiger charge is 2.35. The van der Waals surface area contributed by atoms with Gasteiger partial charge in [-0.25, -0.2) is 0 Å². The van der Waals surface area contributed by atoms with Gasteiger partial charge in [-0.2, -0.15) is 5.10 Å². The molecule has 1 amide bonds. The summed E-state index contributed by atoms with van der Waals surface area (Å²) in [4.78, 5) is 24.6. The van der Waals surface area contributed by atoms with E-state index in [4.69, 9.17) is 0 Å². The topological polar surface area (TPSA) is 82.0 Å². The summed E-state index contributed by atoms with van der Waals surface area (Å²) in [6, 6.07) is 8.93. The van der Waals surface area contributed by atoms with Crippen LogP contribution in [-0.2, 0) is 9.59 Å². The minimum Gasteiger partial charge on any atom is -0.388 e. The van der Waals surface area contributed by atoms with Crippen molar-refractivity contribution >= 4 is 23.1 Å². The van der Waals surface area contributed by atoms with Gasteiger partial charge in [0.15, 0.2) is 5.78 Å². The molecule has 3 rings (SSSR count). The van der Waals surface area contributed by atoms with Crippen LogP contribution < -0.4 is 10.3 Å². The van der Waals surface area contributed by atoms with Gasteiger partial charge in [0, 0.05) is 13.0 Å². The minimum atomic E-state index is -0.829. The van der Waals surface area contributed by atoms with Gasteiger partial charge in [-0.15, -0.1) is 0 Å². The van der Waals surface area contributed by atoms with Crippen LogP contribution in [-0.4, -0.2) is 40.7 Å². The number of benzene rings is 1. The molecule has 1 fully saturated rings. The van der Waals surface area contributed by atoms with Gasteiger partial charge in [0.25, 0.3) is 5.91 Å². The average Bonchev–Trinajstić information content (AvgIpc) is 2.98. The third kappa shape index (κ3) is 4.30. The number of para-hydroxylation sites is 1. The number of hydrogen-bond acceptors (Lipinski definition) is 5. The Hall–Kier alpha value is -2.21. The summed E-state index contributed by atoms with van der Waals surface area (Å²) in [7, 11) is 0. The molecule has 0 spiro atoms. The van der Waals surface area contributed by atoms with Crippen LogP contribution >= 0.6 is 0 Å². The van der Waals surface area contributed by atoms with E-state index in [0.29, 0.717) is 18.6 Å². The van der Waals surface area contributed by atoms with Crippen LogP contribution in [0.1, 0.15) is 51.9 Å². The maximum atomic E-state index is 12.6. The first-order chi connectivity index (χ1) is 12.5. The van der Waals surface area contributed by atoms with E-state index in [-0.39, 0.29) is 24.7 Å². The Morgan fingerprint density at radius 1 is 1.19 bits per heavy atom. The Bertz CT molecular complexity index is 679. The first-order valence-corrected chi connectivity index (χ1v) is 9.41. The number of anilines is 1. The molecule has 6 nitrogen and oxygen atoms in total. The largest absolute Gasteiger partial charge is 0.388 e. The zero-order valence-corrected chi connectivity index (χ0v) is 15.3. The number of rotatable bonds is 5. The normalized spacial score (nSPS) is 22.5. The van der Waals surface area contributed by atoms with Gasteiger partial charge in [0.2, 0.25) is 0 Å². The number of hydrogen-bond donors (Lipinski definition) is 2. The highest BCUT2D eigenvalue weighted by atomic mass is 16.3. The fourth-order valence-corrected chi connectivity index (χ4v) is 3.69. The maximum absolute atomic E-state index is 12.6. The first-order valence-electron chi connectivity index (χ1n) is 9.41. The molecule has 1 atom stereocenters. The molecule has 1 aromatic carbocycles. The molecule has 140 valence electrons. The second kappa shape index (κ2) is 7.99. The highest BCUT2D eigenvalue weighted by Crippen LogP contribution is 2.27. The Kier molecular flexibility index (Phi) is 5.71. The van der Waals surface area contributed by atoms with Crippen molar-refractivity contribution < 1.29 is 14.7 Å². The van der Waals surface area contributed by atoms with Crippen molar-refractivity contribution in [2.24, 2.45) is 5.10 Å². The van der Waals surface area contributed by atoms with E-state index in [9.17, 15) is 14.7 Å². The second-order valence-corrected chi connectivity index (χ2v) is 7.38. The van der Waals surface area contributed by atoms with Crippen LogP contribution in [0.2, 0.25) is 0 Å². The van der Waals surface area contributed by atoms with Crippen molar-refractivity contribution in [2.75, 3.05) is 11.6 Å². The molecule has 1 saturated carbocycles. The zero-order valence-electron chi connectivity index (χ0n) is 15.3. The van der Waals surface area contributed by atoms with Gasteiger partial charge >= 0.3 is 0 Å². The summed E-state index contributed by atoms with van der Waals surface area (Å²) in [6.45, 7) is 1.76. The van der Waals surface area contributed by atoms with Gasteiger partial charge in [0.1, 0.15) is 11.8 Å². The van der Waals surface area contributed by atoms with Gasteiger partial charge in [0.05, 0.1) is 11.3 Å². The third-order valence-electron chi connectivity index (χ3n) is 5.27. The molecule has 0 aromatic heterocycles. The molecule has 0 unspecified atom stereocenters. The molecule has 2 N–H and O–H groups in total. The molecular formula is C20H27N3O3. The van der Waals surface area contributed by atoms with E-state index < -0.39 is 11.6 Å². The smallest absolute Gasteiger partial charge is 0.267 e. The number of carbonyl (C=O) groups excluding carboxylic acids is 2. The molecular weight excluding hydrogens is 330 g/mol. The maximum Gasteiger partial charge on any atom is 0.267 e. The fourth-order valence-electron chi connectivity index (χ4n) is 3.69. The lowest BCUT2D eigenvalue weighted by Crippen LogP contribution is -2.44. The monoisotopic (exact) mass is 357 g/mol. The molecule has 6 heteroatoms. The van der Waals surface area contributed by atoms with E-state index in [1.165, 1.54) is 6.92 Å². The molecule has 0 bridgehead atoms. The lowest BCUT2D eigenvalue weighted by Gasteiger charge is -2.26. The highest BCUT2D eigenvalue weighted by molar-refractivity contribution is 6.40. The van der Waals surface area contributed by atoms with Crippen molar-refractivity contribution in [1.29, 1.82) is 0 Å². The van der Waals surface area contributed by atoms with Crippen LogP contribution in [0.4, 0.5) is 5.69 Å². The van der Waals surface area contributed by atoms with E-state index in [1.54, 1.807) is 5.01 Å². The second-order valence-electron chi connectivity index (χ2n) is 7.38. The Morgan fingerprint density at radius 3 is 2.46 bits per heavy atom. The molecule has 0 radical (unpaired) electrons. The molecule has 1 aliphatic heterocycles. The Balaban J connectivity index is 1.68. The summed E-state index contributed by atoms with van der Waals surface area (Å²) >= 11 is 0. The molecule has 1 aromatic rings. The van der Waals surface area contributed by atoms with Crippen molar-refractivity contribution in [3.8, 4) is 0 Å². The van der Waals surface area contributed by atoms with Gasteiger partial charge in [-0.3, -0.25) is 14.6 Å². The van der Waals surface area contributed by atoms with Gasteiger partial charge < -0.3 is 10.4 Å². The van der Waals surface area contributed by atoms with Crippen molar-refractivity contribution in [3.05, 3.63) is 30.3 Å². The number of Topliss-reactive ketones (excluding diaryl/α,β-unsaturated/α-hetero) is 1. The number of amides is 1. The summed E-state index contributed by atoms with van der Waals surface area (Å²) in [5.41, 5.74) is 0.300. The van der Waals surface area contributed by atoms with Crippen LogP contribution in [0.15, 0.2) is 35.4 Å². The third-order valence-corrected chi connectivity index (χ3v) is 5.27. The first kappa shape index (κ1) is 18.6. The summed E-state index contributed by atoms with van der Waals surface area (Å²) in [5.74, 6) is -0.324. The van der Waals surface area contributed by atoms with Crippen molar-refractivity contribution in [2.45, 2.75) is 63.5 Å². The molecule has 2 aliphatic rings. The lowest BCUT2D eigenvalue weighted by atomic mass is 9.94. The van der Waals surface area contributed by atoms with Crippen LogP contribution in [0.3, 0.4) is 0 Å². The predicted molar refractivity (Wildman–Crippen MR) is 101 cm³/mol. The van der Waals surface area contributed by atoms with Crippen LogP contribution in [0.5, 0.6) is 0 Å². The standard InChI is InChI=1S/C20H27N3O3/c1-15(24)18-13-17(22-23(18)16-9-5-4-6-10-16)19(25)21-14-20(26)11-7-2-3-8-12-20/h4-6,9-10,18,26H,2-3,7-8,11-14H2,1H3,(H,21,25)/t18-/m0/s1. The summed E-state index contributed by atoms with van der Waals surface area (Å²) in [6.07, 6.45) is 5.96. The summed E-state index contributed by atoms with van der Waals surface area (Å²) < 4.78 is 0. The van der Waals surface area contributed by atoms with Crippen molar-refractivity contribution in [1.82, 2.24) is 5.32 Å². The van der Waals surface area contributed by atoms with E-state index >= 15 is 0 Å². The number of nitrogens with one attached hydrogen (secondary N) is 1. The number of carbonyl (C=O) groups is 2. The van der Waals surface area contributed by atoms with Crippen LogP contribution in [0.25, 0.3) is 0 Å². The fraction of sp³-hybridized carbons (Fsp3) is 0.550. The molecule has 26 heavy (non-hydrogen) atoms. The number of aliphatic hydroxyl groups is 1. The quantitative estimate of drug-likeness (QED) is 0.793. The summed E-state index contributed by atoms with van der Waals surface area (Å²) in [5, 5.41) is 19.6.